The van der Waals surface area contributed by atoms with Gasteiger partial charge < -0.3 is 5.32 Å². The van der Waals surface area contributed by atoms with E-state index in [1.807, 2.05) is 0 Å². The Hall–Kier alpha value is -0.680. The summed E-state index contributed by atoms with van der Waals surface area (Å²) in [5.41, 5.74) is 0.123. The van der Waals surface area contributed by atoms with E-state index in [-0.39, 0.29) is 11.4 Å². The van der Waals surface area contributed by atoms with Crippen LogP contribution in [-0.4, -0.2) is 26.9 Å². The van der Waals surface area contributed by atoms with Gasteiger partial charge in [0.25, 0.3) is 5.91 Å². The molecule has 1 fully saturated rings. The molecule has 0 bridgehead atoms. The van der Waals surface area contributed by atoms with Crippen LogP contribution in [0, 0.1) is 5.92 Å². The zero-order valence-electron chi connectivity index (χ0n) is 9.78. The molecule has 1 saturated carbocycles. The van der Waals surface area contributed by atoms with Gasteiger partial charge in [-0.15, -0.1) is 16.7 Å². The number of nitrogens with zero attached hydrogens (tertiary/aromatic N) is 2. The maximum Gasteiger partial charge on any atom is 0.273 e. The number of halogens is 1. The van der Waals surface area contributed by atoms with Gasteiger partial charge in [-0.05, 0) is 30.3 Å². The summed E-state index contributed by atoms with van der Waals surface area (Å²) in [4.78, 5) is 12.0. The van der Waals surface area contributed by atoms with Crippen molar-refractivity contribution in [3.8, 4) is 0 Å². The van der Waals surface area contributed by atoms with E-state index in [0.717, 1.165) is 19.3 Å². The number of hydrogen-bond donors (Lipinski definition) is 1. The minimum atomic E-state index is -0.264. The molecule has 2 atom stereocenters. The van der Waals surface area contributed by atoms with Crippen LogP contribution in [0.5, 0.6) is 0 Å². The Morgan fingerprint density at radius 1 is 1.76 bits per heavy atom. The molecule has 17 heavy (non-hydrogen) atoms. The Morgan fingerprint density at radius 3 is 3.18 bits per heavy atom. The van der Waals surface area contributed by atoms with E-state index in [2.05, 4.69) is 21.8 Å². The van der Waals surface area contributed by atoms with E-state index in [9.17, 15) is 4.79 Å². The summed E-state index contributed by atoms with van der Waals surface area (Å²) in [5.74, 6) is 0.908. The lowest BCUT2D eigenvalue weighted by atomic mass is 9.77. The maximum atomic E-state index is 12.0. The summed E-state index contributed by atoms with van der Waals surface area (Å²) in [7, 11) is 0. The molecule has 1 aromatic rings. The van der Waals surface area contributed by atoms with Crippen molar-refractivity contribution >= 4 is 29.0 Å². The minimum Gasteiger partial charge on any atom is -0.344 e. The SMILES string of the molecule is CC1CCCC(CCl)(NC(=O)c2csnn2)C1. The Labute approximate surface area is 110 Å². The smallest absolute Gasteiger partial charge is 0.273 e. The summed E-state index contributed by atoms with van der Waals surface area (Å²) in [6.07, 6.45) is 4.22. The summed E-state index contributed by atoms with van der Waals surface area (Å²) in [6, 6.07) is 0. The monoisotopic (exact) mass is 273 g/mol. The molecular weight excluding hydrogens is 258 g/mol. The molecule has 4 nitrogen and oxygen atoms in total. The molecule has 2 unspecified atom stereocenters. The maximum absolute atomic E-state index is 12.0. The lowest BCUT2D eigenvalue weighted by molar-refractivity contribution is 0.0862. The fourth-order valence-electron chi connectivity index (χ4n) is 2.50. The van der Waals surface area contributed by atoms with E-state index in [1.54, 1.807) is 5.38 Å². The topological polar surface area (TPSA) is 54.9 Å². The molecule has 0 saturated heterocycles. The zero-order chi connectivity index (χ0) is 12.3. The molecule has 1 heterocycles. The highest BCUT2D eigenvalue weighted by molar-refractivity contribution is 7.03. The summed E-state index contributed by atoms with van der Waals surface area (Å²) in [6.45, 7) is 2.21. The van der Waals surface area contributed by atoms with E-state index >= 15 is 0 Å². The molecule has 0 radical (unpaired) electrons. The Kier molecular flexibility index (Phi) is 3.99. The number of rotatable bonds is 3. The van der Waals surface area contributed by atoms with Gasteiger partial charge >= 0.3 is 0 Å². The van der Waals surface area contributed by atoms with Crippen LogP contribution in [0.3, 0.4) is 0 Å². The largest absolute Gasteiger partial charge is 0.344 e. The fraction of sp³-hybridized carbons (Fsp3) is 0.727. The van der Waals surface area contributed by atoms with Gasteiger partial charge in [0.1, 0.15) is 0 Å². The number of aromatic nitrogens is 2. The van der Waals surface area contributed by atoms with Crippen molar-refractivity contribution < 1.29 is 4.79 Å². The Bertz CT molecular complexity index is 384. The normalized spacial score (nSPS) is 28.9. The summed E-state index contributed by atoms with van der Waals surface area (Å²) >= 11 is 7.24. The third-order valence-corrected chi connectivity index (χ3v) is 4.33. The van der Waals surface area contributed by atoms with Crippen LogP contribution in [0.4, 0.5) is 0 Å². The minimum absolute atomic E-state index is 0.159. The van der Waals surface area contributed by atoms with Gasteiger partial charge in [-0.1, -0.05) is 24.3 Å². The number of carbonyl (C=O) groups excluding carboxylic acids is 1. The molecule has 94 valence electrons. The predicted molar refractivity (Wildman–Crippen MR) is 68.5 cm³/mol. The van der Waals surface area contributed by atoms with E-state index in [4.69, 9.17) is 11.6 Å². The molecule has 0 aliphatic heterocycles. The van der Waals surface area contributed by atoms with Gasteiger partial charge in [-0.3, -0.25) is 4.79 Å². The summed E-state index contributed by atoms with van der Waals surface area (Å²) in [5, 5.41) is 8.48. The van der Waals surface area contributed by atoms with Crippen LogP contribution in [0.15, 0.2) is 5.38 Å². The van der Waals surface area contributed by atoms with Gasteiger partial charge in [0, 0.05) is 11.3 Å². The lowest BCUT2D eigenvalue weighted by Crippen LogP contribution is -2.52. The highest BCUT2D eigenvalue weighted by Gasteiger charge is 2.36. The van der Waals surface area contributed by atoms with Gasteiger partial charge in [0.15, 0.2) is 5.69 Å². The number of nitrogens with one attached hydrogen (secondary N) is 1. The molecule has 2 rings (SSSR count). The van der Waals surface area contributed by atoms with Gasteiger partial charge in [0.2, 0.25) is 0 Å². The molecule has 0 spiro atoms. The molecule has 1 aliphatic rings. The zero-order valence-corrected chi connectivity index (χ0v) is 11.4. The predicted octanol–water partition coefficient (Wildman–Crippen LogP) is 2.46. The Morgan fingerprint density at radius 2 is 2.59 bits per heavy atom. The van der Waals surface area contributed by atoms with Crippen LogP contribution in [0.2, 0.25) is 0 Å². The van der Waals surface area contributed by atoms with E-state index < -0.39 is 0 Å². The molecule has 6 heteroatoms. The standard InChI is InChI=1S/C11H16ClN3OS/c1-8-3-2-4-11(5-8,7-12)13-10(16)9-6-17-15-14-9/h6,8H,2-5,7H2,1H3,(H,13,16). The number of hydrogen-bond acceptors (Lipinski definition) is 4. The first kappa shape index (κ1) is 12.8. The van der Waals surface area contributed by atoms with Crippen molar-refractivity contribution in [2.45, 2.75) is 38.1 Å². The van der Waals surface area contributed by atoms with Crippen LogP contribution in [-0.2, 0) is 0 Å². The molecule has 1 aromatic heterocycles. The number of carbonyl (C=O) groups is 1. The third-order valence-electron chi connectivity index (χ3n) is 3.32. The highest BCUT2D eigenvalue weighted by Crippen LogP contribution is 2.33. The second kappa shape index (κ2) is 5.31. The highest BCUT2D eigenvalue weighted by atomic mass is 35.5. The Balaban J connectivity index is 2.06. The van der Waals surface area contributed by atoms with Crippen molar-refractivity contribution in [3.05, 3.63) is 11.1 Å². The molecule has 0 aromatic carbocycles. The van der Waals surface area contributed by atoms with Gasteiger partial charge in [-0.2, -0.15) is 0 Å². The number of alkyl halides is 1. The quantitative estimate of drug-likeness (QED) is 0.861. The fourth-order valence-corrected chi connectivity index (χ4v) is 3.24. The van der Waals surface area contributed by atoms with Crippen molar-refractivity contribution in [3.63, 3.8) is 0 Å². The first-order valence-corrected chi connectivity index (χ1v) is 7.18. The van der Waals surface area contributed by atoms with Crippen LogP contribution in [0.1, 0.15) is 43.1 Å². The molecule has 1 amide bonds. The first-order valence-electron chi connectivity index (χ1n) is 5.81. The molecule has 1 N–H and O–H groups in total. The number of amides is 1. The van der Waals surface area contributed by atoms with Crippen molar-refractivity contribution in [2.24, 2.45) is 5.92 Å². The first-order chi connectivity index (χ1) is 8.15. The van der Waals surface area contributed by atoms with Crippen molar-refractivity contribution in [1.82, 2.24) is 14.9 Å². The lowest BCUT2D eigenvalue weighted by Gasteiger charge is -2.39. The second-order valence-corrected chi connectivity index (χ2v) is 5.74. The second-order valence-electron chi connectivity index (χ2n) is 4.86. The molecule has 1 aliphatic carbocycles. The summed E-state index contributed by atoms with van der Waals surface area (Å²) < 4.78 is 3.70. The van der Waals surface area contributed by atoms with Crippen LogP contribution >= 0.6 is 23.1 Å². The average Bonchev–Trinajstić information content (AvgIpc) is 2.82. The van der Waals surface area contributed by atoms with Crippen molar-refractivity contribution in [1.29, 1.82) is 0 Å². The van der Waals surface area contributed by atoms with Gasteiger partial charge in [0.05, 0.1) is 5.54 Å². The van der Waals surface area contributed by atoms with E-state index in [0.29, 0.717) is 17.5 Å². The van der Waals surface area contributed by atoms with E-state index in [1.165, 1.54) is 18.0 Å². The van der Waals surface area contributed by atoms with Crippen LogP contribution < -0.4 is 5.32 Å². The molecular formula is C11H16ClN3OS. The van der Waals surface area contributed by atoms with Gasteiger partial charge in [-0.25, -0.2) is 0 Å². The van der Waals surface area contributed by atoms with Crippen LogP contribution in [0.25, 0.3) is 0 Å². The third kappa shape index (κ3) is 2.96. The van der Waals surface area contributed by atoms with Crippen molar-refractivity contribution in [2.75, 3.05) is 5.88 Å². The average molecular weight is 274 g/mol.